The predicted octanol–water partition coefficient (Wildman–Crippen LogP) is 2.25. The van der Waals surface area contributed by atoms with Crippen LogP contribution >= 0.6 is 0 Å². The van der Waals surface area contributed by atoms with Gasteiger partial charge in [0, 0.05) is 12.6 Å². The van der Waals surface area contributed by atoms with Crippen molar-refractivity contribution in [2.75, 3.05) is 26.2 Å². The average molecular weight is 222 g/mol. The molecule has 3 rings (SSSR count). The Morgan fingerprint density at radius 3 is 2.62 bits per heavy atom. The van der Waals surface area contributed by atoms with Gasteiger partial charge in [0.15, 0.2) is 0 Å². The van der Waals surface area contributed by atoms with E-state index in [1.54, 1.807) is 0 Å². The van der Waals surface area contributed by atoms with Gasteiger partial charge in [-0.1, -0.05) is 19.3 Å². The van der Waals surface area contributed by atoms with E-state index >= 15 is 0 Å². The Bertz CT molecular complexity index is 221. The number of nitrogens with zero attached hydrogens (tertiary/aromatic N) is 1. The second-order valence-corrected chi connectivity index (χ2v) is 6.07. The summed E-state index contributed by atoms with van der Waals surface area (Å²) in [5.41, 5.74) is 0. The van der Waals surface area contributed by atoms with Crippen molar-refractivity contribution in [1.82, 2.24) is 10.2 Å². The van der Waals surface area contributed by atoms with Crippen molar-refractivity contribution in [2.24, 2.45) is 11.8 Å². The minimum Gasteiger partial charge on any atom is -0.312 e. The molecule has 2 heterocycles. The number of hydrogen-bond donors (Lipinski definition) is 1. The molecule has 0 unspecified atom stereocenters. The number of nitrogens with one attached hydrogen (secondary N) is 1. The van der Waals surface area contributed by atoms with Crippen LogP contribution in [0.2, 0.25) is 0 Å². The molecule has 0 amide bonds. The molecule has 2 heteroatoms. The summed E-state index contributed by atoms with van der Waals surface area (Å²) < 4.78 is 0. The second-order valence-electron chi connectivity index (χ2n) is 6.07. The average Bonchev–Trinajstić information content (AvgIpc) is 2.82. The molecule has 1 saturated carbocycles. The van der Waals surface area contributed by atoms with Crippen LogP contribution in [0.3, 0.4) is 0 Å². The molecule has 92 valence electrons. The SMILES string of the molecule is C1CC[C@H]2[C@@H](C1)CCN[C@@H]2CN1CCCC1. The summed E-state index contributed by atoms with van der Waals surface area (Å²) in [6, 6.07) is 0.817. The Balaban J connectivity index is 1.59. The molecule has 3 fully saturated rings. The summed E-state index contributed by atoms with van der Waals surface area (Å²) in [5.74, 6) is 2.06. The fourth-order valence-corrected chi connectivity index (χ4v) is 4.17. The van der Waals surface area contributed by atoms with Gasteiger partial charge in [-0.2, -0.15) is 0 Å². The van der Waals surface area contributed by atoms with E-state index in [-0.39, 0.29) is 0 Å². The highest BCUT2D eigenvalue weighted by Crippen LogP contribution is 2.37. The van der Waals surface area contributed by atoms with E-state index in [0.717, 1.165) is 17.9 Å². The van der Waals surface area contributed by atoms with Crippen LogP contribution in [0.25, 0.3) is 0 Å². The molecule has 0 bridgehead atoms. The molecule has 2 saturated heterocycles. The first kappa shape index (κ1) is 11.0. The molecular formula is C14H26N2. The minimum atomic E-state index is 0.817. The highest BCUT2D eigenvalue weighted by Gasteiger charge is 2.35. The first-order valence-corrected chi connectivity index (χ1v) is 7.39. The summed E-state index contributed by atoms with van der Waals surface area (Å²) in [6.07, 6.45) is 10.3. The number of piperidine rings is 1. The van der Waals surface area contributed by atoms with Crippen LogP contribution in [0, 0.1) is 11.8 Å². The minimum absolute atomic E-state index is 0.817. The van der Waals surface area contributed by atoms with Gasteiger partial charge in [-0.05, 0) is 57.2 Å². The highest BCUT2D eigenvalue weighted by atomic mass is 15.2. The first-order chi connectivity index (χ1) is 7.93. The van der Waals surface area contributed by atoms with Crippen LogP contribution in [-0.2, 0) is 0 Å². The normalized spacial score (nSPS) is 40.9. The predicted molar refractivity (Wildman–Crippen MR) is 67.5 cm³/mol. The summed E-state index contributed by atoms with van der Waals surface area (Å²) in [7, 11) is 0. The van der Waals surface area contributed by atoms with Crippen molar-refractivity contribution in [2.45, 2.75) is 51.0 Å². The quantitative estimate of drug-likeness (QED) is 0.771. The second kappa shape index (κ2) is 5.05. The van der Waals surface area contributed by atoms with E-state index in [0.29, 0.717) is 0 Å². The van der Waals surface area contributed by atoms with E-state index in [1.165, 1.54) is 71.1 Å². The van der Waals surface area contributed by atoms with Crippen LogP contribution in [0.4, 0.5) is 0 Å². The highest BCUT2D eigenvalue weighted by molar-refractivity contribution is 4.91. The van der Waals surface area contributed by atoms with Gasteiger partial charge in [0.25, 0.3) is 0 Å². The number of rotatable bonds is 2. The van der Waals surface area contributed by atoms with Gasteiger partial charge < -0.3 is 10.2 Å². The Morgan fingerprint density at radius 1 is 0.938 bits per heavy atom. The fraction of sp³-hybridized carbons (Fsp3) is 1.00. The zero-order chi connectivity index (χ0) is 10.8. The topological polar surface area (TPSA) is 15.3 Å². The Kier molecular flexibility index (Phi) is 3.49. The maximum Gasteiger partial charge on any atom is 0.0225 e. The van der Waals surface area contributed by atoms with Crippen LogP contribution < -0.4 is 5.32 Å². The molecule has 0 aromatic heterocycles. The monoisotopic (exact) mass is 222 g/mol. The molecule has 3 aliphatic rings. The van der Waals surface area contributed by atoms with E-state index in [2.05, 4.69) is 10.2 Å². The van der Waals surface area contributed by atoms with Crippen LogP contribution in [0.1, 0.15) is 44.9 Å². The lowest BCUT2D eigenvalue weighted by molar-refractivity contribution is 0.110. The lowest BCUT2D eigenvalue weighted by Crippen LogP contribution is -2.52. The van der Waals surface area contributed by atoms with Crippen molar-refractivity contribution in [3.63, 3.8) is 0 Å². The summed E-state index contributed by atoms with van der Waals surface area (Å²) in [6.45, 7) is 5.33. The standard InChI is InChI=1S/C14H26N2/c1-2-6-13-12(5-1)7-8-15-14(13)11-16-9-3-4-10-16/h12-15H,1-11H2/t12-,13-,14+/m0/s1. The Morgan fingerprint density at radius 2 is 1.75 bits per heavy atom. The van der Waals surface area contributed by atoms with Crippen LogP contribution in [0.15, 0.2) is 0 Å². The zero-order valence-electron chi connectivity index (χ0n) is 10.5. The van der Waals surface area contributed by atoms with Gasteiger partial charge in [-0.3, -0.25) is 0 Å². The Hall–Kier alpha value is -0.0800. The lowest BCUT2D eigenvalue weighted by atomic mass is 9.71. The van der Waals surface area contributed by atoms with Gasteiger partial charge in [0.05, 0.1) is 0 Å². The third-order valence-corrected chi connectivity index (χ3v) is 5.06. The van der Waals surface area contributed by atoms with Gasteiger partial charge in [-0.25, -0.2) is 0 Å². The molecular weight excluding hydrogens is 196 g/mol. The summed E-state index contributed by atoms with van der Waals surface area (Å²) in [4.78, 5) is 2.69. The van der Waals surface area contributed by atoms with E-state index in [1.807, 2.05) is 0 Å². The van der Waals surface area contributed by atoms with Crippen LogP contribution in [0.5, 0.6) is 0 Å². The maximum atomic E-state index is 3.80. The number of likely N-dealkylation sites (tertiary alicyclic amines) is 1. The maximum absolute atomic E-state index is 3.80. The fourth-order valence-electron chi connectivity index (χ4n) is 4.17. The molecule has 0 radical (unpaired) electrons. The molecule has 2 nitrogen and oxygen atoms in total. The molecule has 0 aromatic carbocycles. The van der Waals surface area contributed by atoms with E-state index in [4.69, 9.17) is 0 Å². The van der Waals surface area contributed by atoms with Gasteiger partial charge in [-0.15, -0.1) is 0 Å². The van der Waals surface area contributed by atoms with Crippen molar-refractivity contribution < 1.29 is 0 Å². The molecule has 16 heavy (non-hydrogen) atoms. The molecule has 0 aromatic rings. The number of fused-ring (bicyclic) bond motifs is 1. The lowest BCUT2D eigenvalue weighted by Gasteiger charge is -2.43. The van der Waals surface area contributed by atoms with Crippen molar-refractivity contribution >= 4 is 0 Å². The number of hydrogen-bond acceptors (Lipinski definition) is 2. The van der Waals surface area contributed by atoms with Gasteiger partial charge in [0.2, 0.25) is 0 Å². The molecule has 1 aliphatic carbocycles. The van der Waals surface area contributed by atoms with E-state index < -0.39 is 0 Å². The molecule has 1 N–H and O–H groups in total. The third-order valence-electron chi connectivity index (χ3n) is 5.06. The molecule has 3 atom stereocenters. The summed E-state index contributed by atoms with van der Waals surface area (Å²) in [5, 5.41) is 3.80. The van der Waals surface area contributed by atoms with Crippen LogP contribution in [-0.4, -0.2) is 37.1 Å². The van der Waals surface area contributed by atoms with Gasteiger partial charge >= 0.3 is 0 Å². The third kappa shape index (κ3) is 2.28. The van der Waals surface area contributed by atoms with Gasteiger partial charge in [0.1, 0.15) is 0 Å². The van der Waals surface area contributed by atoms with E-state index in [9.17, 15) is 0 Å². The van der Waals surface area contributed by atoms with Crippen molar-refractivity contribution in [1.29, 1.82) is 0 Å². The zero-order valence-corrected chi connectivity index (χ0v) is 10.5. The molecule has 2 aliphatic heterocycles. The smallest absolute Gasteiger partial charge is 0.0225 e. The Labute approximate surface area is 99.8 Å². The molecule has 0 spiro atoms. The van der Waals surface area contributed by atoms with Crippen molar-refractivity contribution in [3.8, 4) is 0 Å². The largest absolute Gasteiger partial charge is 0.312 e. The van der Waals surface area contributed by atoms with Crippen molar-refractivity contribution in [3.05, 3.63) is 0 Å². The first-order valence-electron chi connectivity index (χ1n) is 7.39. The summed E-state index contributed by atoms with van der Waals surface area (Å²) >= 11 is 0.